The number of carbonyl (C=O) groups is 1. The molecule has 3 rings (SSSR count). The number of fused-ring (bicyclic) bond motifs is 1. The van der Waals surface area contributed by atoms with Crippen LogP contribution in [0.1, 0.15) is 13.3 Å². The second-order valence-corrected chi connectivity index (χ2v) is 8.74. The molecular weight excluding hydrogens is 370 g/mol. The second kappa shape index (κ2) is 8.04. The highest BCUT2D eigenvalue weighted by atomic mass is 32.2. The summed E-state index contributed by atoms with van der Waals surface area (Å²) >= 11 is 5.97. The van der Waals surface area contributed by atoms with Crippen LogP contribution >= 0.6 is 46.2 Å². The Kier molecular flexibility index (Phi) is 5.81. The van der Waals surface area contributed by atoms with Crippen molar-refractivity contribution in [1.29, 1.82) is 0 Å². The lowest BCUT2D eigenvalue weighted by Crippen LogP contribution is -2.25. The van der Waals surface area contributed by atoms with Gasteiger partial charge in [-0.1, -0.05) is 30.0 Å². The molecule has 0 aliphatic rings. The predicted octanol–water partition coefficient (Wildman–Crippen LogP) is 3.31. The van der Waals surface area contributed by atoms with E-state index >= 15 is 0 Å². The number of hydrogen-bond donors (Lipinski definition) is 1. The molecule has 0 saturated heterocycles. The van der Waals surface area contributed by atoms with Crippen molar-refractivity contribution < 1.29 is 4.79 Å². The molecule has 0 aliphatic heterocycles. The Balaban J connectivity index is 1.61. The summed E-state index contributed by atoms with van der Waals surface area (Å²) in [7, 11) is 0. The summed E-state index contributed by atoms with van der Waals surface area (Å²) in [4.78, 5) is 20.1. The average molecular weight is 384 g/mol. The molecule has 0 radical (unpaired) electrons. The topological polar surface area (TPSA) is 80.7 Å². The number of hydrogen-bond acceptors (Lipinski definition) is 9. The summed E-state index contributed by atoms with van der Waals surface area (Å²) in [6, 6.07) is 1.97. The van der Waals surface area contributed by atoms with E-state index in [9.17, 15) is 4.79 Å². The fraction of sp³-hybridized carbons (Fsp3) is 0.308. The van der Waals surface area contributed by atoms with Crippen LogP contribution in [0.5, 0.6) is 0 Å². The molecule has 0 aromatic carbocycles. The minimum absolute atomic E-state index is 0.0253. The number of nitrogens with one attached hydrogen (secondary N) is 1. The van der Waals surface area contributed by atoms with Gasteiger partial charge in [0.15, 0.2) is 8.68 Å². The molecule has 1 N–H and O–H groups in total. The minimum atomic E-state index is 0.0253. The summed E-state index contributed by atoms with van der Waals surface area (Å²) < 4.78 is 2.66. The van der Waals surface area contributed by atoms with Crippen LogP contribution < -0.4 is 5.32 Å². The number of carbonyl (C=O) groups excluding carboxylic acids is 1. The molecule has 3 aromatic heterocycles. The number of nitrogens with zero attached hydrogens (tertiary/aromatic N) is 4. The monoisotopic (exact) mass is 383 g/mol. The Morgan fingerprint density at radius 3 is 3.04 bits per heavy atom. The van der Waals surface area contributed by atoms with Crippen molar-refractivity contribution in [3.05, 3.63) is 17.8 Å². The first-order valence-electron chi connectivity index (χ1n) is 6.85. The molecule has 23 heavy (non-hydrogen) atoms. The van der Waals surface area contributed by atoms with Crippen LogP contribution in [0.3, 0.4) is 0 Å². The zero-order valence-corrected chi connectivity index (χ0v) is 15.4. The molecule has 0 bridgehead atoms. The summed E-state index contributed by atoms with van der Waals surface area (Å²) in [5.41, 5.74) is 0.944. The van der Waals surface area contributed by atoms with Gasteiger partial charge in [0, 0.05) is 6.54 Å². The van der Waals surface area contributed by atoms with E-state index in [1.54, 1.807) is 17.7 Å². The molecule has 1 amide bonds. The average Bonchev–Trinajstić information content (AvgIpc) is 3.20. The van der Waals surface area contributed by atoms with E-state index in [4.69, 9.17) is 0 Å². The van der Waals surface area contributed by atoms with Gasteiger partial charge in [0.2, 0.25) is 5.91 Å². The molecule has 120 valence electrons. The first kappa shape index (κ1) is 16.6. The lowest BCUT2D eigenvalue weighted by molar-refractivity contribution is -0.118. The number of thiophene rings is 1. The van der Waals surface area contributed by atoms with Crippen molar-refractivity contribution >= 4 is 62.3 Å². The van der Waals surface area contributed by atoms with E-state index in [1.165, 1.54) is 34.9 Å². The molecule has 3 heterocycles. The van der Waals surface area contributed by atoms with E-state index in [0.717, 1.165) is 30.3 Å². The molecule has 10 heteroatoms. The fourth-order valence-corrected chi connectivity index (χ4v) is 5.42. The molecular formula is C13H13N5OS4. The minimum Gasteiger partial charge on any atom is -0.355 e. The molecule has 0 spiro atoms. The molecule has 0 saturated carbocycles. The lowest BCUT2D eigenvalue weighted by Gasteiger charge is -2.00. The Morgan fingerprint density at radius 1 is 1.30 bits per heavy atom. The summed E-state index contributed by atoms with van der Waals surface area (Å²) in [5, 5.41) is 14.0. The molecule has 3 aromatic rings. The van der Waals surface area contributed by atoms with E-state index in [0.29, 0.717) is 12.3 Å². The van der Waals surface area contributed by atoms with Crippen molar-refractivity contribution in [3.63, 3.8) is 0 Å². The lowest BCUT2D eigenvalue weighted by atomic mass is 10.5. The molecule has 0 aliphatic carbocycles. The highest BCUT2D eigenvalue weighted by Crippen LogP contribution is 2.36. The fourth-order valence-electron chi connectivity index (χ4n) is 1.66. The van der Waals surface area contributed by atoms with Gasteiger partial charge < -0.3 is 5.32 Å². The van der Waals surface area contributed by atoms with Gasteiger partial charge in [-0.05, 0) is 29.6 Å². The number of thioether (sulfide) groups is 1. The normalized spacial score (nSPS) is 11.0. The van der Waals surface area contributed by atoms with Crippen LogP contribution in [-0.4, -0.2) is 38.4 Å². The van der Waals surface area contributed by atoms with E-state index in [-0.39, 0.29) is 5.91 Å². The zero-order chi connectivity index (χ0) is 16.1. The SMILES string of the molecule is CCCNC(=O)CSc1nnc(Sc2ncnc3ccsc23)s1. The summed E-state index contributed by atoms with van der Waals surface area (Å²) in [5.74, 6) is 0.388. The van der Waals surface area contributed by atoms with Gasteiger partial charge in [-0.2, -0.15) is 0 Å². The number of aromatic nitrogens is 4. The first-order valence-corrected chi connectivity index (χ1v) is 10.3. The Bertz CT molecular complexity index is 802. The van der Waals surface area contributed by atoms with Crippen molar-refractivity contribution in [3.8, 4) is 0 Å². The second-order valence-electron chi connectivity index (χ2n) is 4.39. The highest BCUT2D eigenvalue weighted by molar-refractivity contribution is 8.03. The maximum absolute atomic E-state index is 11.6. The quantitative estimate of drug-likeness (QED) is 0.495. The van der Waals surface area contributed by atoms with Crippen LogP contribution in [0.25, 0.3) is 10.2 Å². The van der Waals surface area contributed by atoms with Crippen molar-refractivity contribution in [2.45, 2.75) is 27.0 Å². The Morgan fingerprint density at radius 2 is 2.17 bits per heavy atom. The maximum atomic E-state index is 11.6. The molecule has 6 nitrogen and oxygen atoms in total. The van der Waals surface area contributed by atoms with Crippen LogP contribution in [0.4, 0.5) is 0 Å². The van der Waals surface area contributed by atoms with Crippen LogP contribution in [0.2, 0.25) is 0 Å². The summed E-state index contributed by atoms with van der Waals surface area (Å²) in [6.07, 6.45) is 2.50. The smallest absolute Gasteiger partial charge is 0.230 e. The highest BCUT2D eigenvalue weighted by Gasteiger charge is 2.12. The van der Waals surface area contributed by atoms with Gasteiger partial charge in [-0.3, -0.25) is 4.79 Å². The third kappa shape index (κ3) is 4.40. The zero-order valence-electron chi connectivity index (χ0n) is 12.2. The van der Waals surface area contributed by atoms with Gasteiger partial charge in [0.1, 0.15) is 11.4 Å². The van der Waals surface area contributed by atoms with Crippen LogP contribution in [0.15, 0.2) is 31.5 Å². The molecule has 0 fully saturated rings. The Labute approximate surface area is 149 Å². The van der Waals surface area contributed by atoms with E-state index in [2.05, 4.69) is 25.5 Å². The van der Waals surface area contributed by atoms with E-state index < -0.39 is 0 Å². The predicted molar refractivity (Wildman–Crippen MR) is 95.5 cm³/mol. The van der Waals surface area contributed by atoms with Gasteiger partial charge in [-0.25, -0.2) is 9.97 Å². The van der Waals surface area contributed by atoms with E-state index in [1.807, 2.05) is 18.4 Å². The number of rotatable bonds is 7. The van der Waals surface area contributed by atoms with Crippen molar-refractivity contribution in [2.24, 2.45) is 0 Å². The first-order chi connectivity index (χ1) is 11.3. The van der Waals surface area contributed by atoms with Crippen LogP contribution in [-0.2, 0) is 4.79 Å². The van der Waals surface area contributed by atoms with Gasteiger partial charge in [0.05, 0.1) is 16.0 Å². The van der Waals surface area contributed by atoms with Gasteiger partial charge in [-0.15, -0.1) is 21.5 Å². The van der Waals surface area contributed by atoms with Crippen molar-refractivity contribution in [1.82, 2.24) is 25.5 Å². The third-order valence-electron chi connectivity index (χ3n) is 2.68. The largest absolute Gasteiger partial charge is 0.355 e. The molecule has 0 unspecified atom stereocenters. The maximum Gasteiger partial charge on any atom is 0.230 e. The van der Waals surface area contributed by atoms with Crippen LogP contribution in [0, 0.1) is 0 Å². The van der Waals surface area contributed by atoms with Gasteiger partial charge >= 0.3 is 0 Å². The van der Waals surface area contributed by atoms with Crippen molar-refractivity contribution in [2.75, 3.05) is 12.3 Å². The molecule has 0 atom stereocenters. The standard InChI is InChI=1S/C13H13N5OS4/c1-2-4-14-9(19)6-21-12-17-18-13(23-12)22-11-10-8(3-5-20-10)15-7-16-11/h3,5,7H,2,4,6H2,1H3,(H,14,19). The van der Waals surface area contributed by atoms with Gasteiger partial charge in [0.25, 0.3) is 0 Å². The number of amides is 1. The summed E-state index contributed by atoms with van der Waals surface area (Å²) in [6.45, 7) is 2.74. The third-order valence-corrected chi connectivity index (χ3v) is 6.83. The Hall–Kier alpha value is -1.23.